The minimum atomic E-state index is -0.349. The van der Waals surface area contributed by atoms with Crippen molar-refractivity contribution in [2.45, 2.75) is 45.4 Å². The molecule has 3 aromatic rings. The molecule has 4 rings (SSSR count). The Labute approximate surface area is 168 Å². The van der Waals surface area contributed by atoms with Gasteiger partial charge in [0, 0.05) is 24.8 Å². The van der Waals surface area contributed by atoms with E-state index in [1.54, 1.807) is 12.5 Å². The van der Waals surface area contributed by atoms with Gasteiger partial charge in [0.1, 0.15) is 0 Å². The van der Waals surface area contributed by atoms with E-state index in [9.17, 15) is 5.11 Å². The van der Waals surface area contributed by atoms with Crippen LogP contribution in [0.2, 0.25) is 5.02 Å². The first-order chi connectivity index (χ1) is 13.3. The van der Waals surface area contributed by atoms with Crippen molar-refractivity contribution in [2.75, 3.05) is 23.3 Å². The highest BCUT2D eigenvalue weighted by atomic mass is 35.5. The van der Waals surface area contributed by atoms with Crippen molar-refractivity contribution in [1.82, 2.24) is 24.5 Å². The second-order valence-corrected chi connectivity index (χ2v) is 8.52. The first-order valence-electron chi connectivity index (χ1n) is 9.33. The fraction of sp³-hybridized carbons (Fsp3) is 0.474. The van der Waals surface area contributed by atoms with Gasteiger partial charge in [-0.15, -0.1) is 0 Å². The lowest BCUT2D eigenvalue weighted by Crippen LogP contribution is -2.29. The molecule has 1 aliphatic heterocycles. The maximum Gasteiger partial charge on any atom is 0.227 e. The zero-order valence-corrected chi connectivity index (χ0v) is 17.0. The highest BCUT2D eigenvalue weighted by Gasteiger charge is 2.26. The lowest BCUT2D eigenvalue weighted by atomic mass is 10.1. The van der Waals surface area contributed by atoms with Gasteiger partial charge < -0.3 is 19.9 Å². The number of β-amino-alcohol motifs (C(OH)–C–C–N with tert-alkyl or cyclic N) is 1. The molecule has 0 radical (unpaired) electrons. The maximum absolute atomic E-state index is 9.97. The van der Waals surface area contributed by atoms with Gasteiger partial charge in [-0.2, -0.15) is 9.97 Å². The van der Waals surface area contributed by atoms with Crippen LogP contribution in [0, 0.1) is 0 Å². The van der Waals surface area contributed by atoms with E-state index < -0.39 is 0 Å². The summed E-state index contributed by atoms with van der Waals surface area (Å²) in [5.41, 5.74) is 1.98. The predicted octanol–water partition coefficient (Wildman–Crippen LogP) is 2.70. The van der Waals surface area contributed by atoms with Crippen LogP contribution in [0.3, 0.4) is 0 Å². The third kappa shape index (κ3) is 3.88. The molecule has 148 valence electrons. The van der Waals surface area contributed by atoms with Crippen LogP contribution in [0.4, 0.5) is 11.8 Å². The molecule has 0 aromatic carbocycles. The average Bonchev–Trinajstić information content (AvgIpc) is 3.22. The molecular weight excluding hydrogens is 378 g/mol. The highest BCUT2D eigenvalue weighted by Crippen LogP contribution is 2.28. The van der Waals surface area contributed by atoms with E-state index in [1.165, 1.54) is 0 Å². The van der Waals surface area contributed by atoms with E-state index in [-0.39, 0.29) is 11.6 Å². The summed E-state index contributed by atoms with van der Waals surface area (Å²) >= 11 is 6.28. The largest absolute Gasteiger partial charge is 0.391 e. The number of pyridine rings is 1. The number of nitrogens with one attached hydrogen (secondary N) is 1. The lowest BCUT2D eigenvalue weighted by Gasteiger charge is -2.23. The van der Waals surface area contributed by atoms with Gasteiger partial charge in [-0.05, 0) is 39.3 Å². The maximum atomic E-state index is 9.97. The molecule has 8 nitrogen and oxygen atoms in total. The van der Waals surface area contributed by atoms with Gasteiger partial charge in [0.25, 0.3) is 0 Å². The number of fused-ring (bicyclic) bond motifs is 1. The Morgan fingerprint density at radius 2 is 2.11 bits per heavy atom. The summed E-state index contributed by atoms with van der Waals surface area (Å²) < 4.78 is 1.93. The SMILES string of the molecule is CC(C)(C)Nc1nc(N2CCC(O)C2)c2ncn(Cc3ncccc3Cl)c2n1. The van der Waals surface area contributed by atoms with Crippen LogP contribution in [0.5, 0.6) is 0 Å². The number of nitrogens with zero attached hydrogens (tertiary/aromatic N) is 6. The quantitative estimate of drug-likeness (QED) is 0.694. The summed E-state index contributed by atoms with van der Waals surface area (Å²) in [4.78, 5) is 20.4. The van der Waals surface area contributed by atoms with Crippen LogP contribution in [0.15, 0.2) is 24.7 Å². The van der Waals surface area contributed by atoms with Crippen molar-refractivity contribution >= 4 is 34.5 Å². The Balaban J connectivity index is 1.79. The van der Waals surface area contributed by atoms with Gasteiger partial charge >= 0.3 is 0 Å². The molecule has 1 fully saturated rings. The second kappa shape index (κ2) is 7.18. The molecule has 1 atom stereocenters. The number of rotatable bonds is 4. The first kappa shape index (κ1) is 18.9. The highest BCUT2D eigenvalue weighted by molar-refractivity contribution is 6.31. The standard InChI is InChI=1S/C19H24ClN7O/c1-19(2,3)25-18-23-16(26-8-6-12(28)9-26)15-17(24-18)27(11-22-15)10-14-13(20)5-4-7-21-14/h4-5,7,11-12,28H,6,8-10H2,1-3H3,(H,23,24,25). The third-order valence-electron chi connectivity index (χ3n) is 4.55. The smallest absolute Gasteiger partial charge is 0.227 e. The number of hydrogen-bond donors (Lipinski definition) is 2. The minimum absolute atomic E-state index is 0.190. The van der Waals surface area contributed by atoms with Crippen LogP contribution >= 0.6 is 11.6 Å². The summed E-state index contributed by atoms with van der Waals surface area (Å²) in [6.45, 7) is 7.92. The Morgan fingerprint density at radius 1 is 1.29 bits per heavy atom. The number of imidazole rings is 1. The summed E-state index contributed by atoms with van der Waals surface area (Å²) in [5.74, 6) is 1.27. The normalized spacial score (nSPS) is 17.5. The molecule has 1 saturated heterocycles. The first-order valence-corrected chi connectivity index (χ1v) is 9.71. The van der Waals surface area contributed by atoms with E-state index in [0.717, 1.165) is 24.5 Å². The van der Waals surface area contributed by atoms with Crippen molar-refractivity contribution in [2.24, 2.45) is 0 Å². The Morgan fingerprint density at radius 3 is 2.79 bits per heavy atom. The molecule has 2 N–H and O–H groups in total. The summed E-state index contributed by atoms with van der Waals surface area (Å²) in [6, 6.07) is 3.63. The Hall–Kier alpha value is -2.45. The van der Waals surface area contributed by atoms with E-state index in [0.29, 0.717) is 35.2 Å². The number of hydrogen-bond acceptors (Lipinski definition) is 7. The van der Waals surface area contributed by atoms with Crippen molar-refractivity contribution in [1.29, 1.82) is 0 Å². The van der Waals surface area contributed by atoms with Gasteiger partial charge in [-0.25, -0.2) is 4.98 Å². The number of aliphatic hydroxyl groups is 1. The number of aromatic nitrogens is 5. The Kier molecular flexibility index (Phi) is 4.84. The molecule has 0 bridgehead atoms. The molecule has 1 aliphatic rings. The zero-order valence-electron chi connectivity index (χ0n) is 16.2. The number of aliphatic hydroxyl groups excluding tert-OH is 1. The van der Waals surface area contributed by atoms with Gasteiger partial charge in [-0.1, -0.05) is 11.6 Å². The topological polar surface area (TPSA) is 92.0 Å². The van der Waals surface area contributed by atoms with Crippen LogP contribution in [-0.4, -0.2) is 54.3 Å². The fourth-order valence-corrected chi connectivity index (χ4v) is 3.47. The summed E-state index contributed by atoms with van der Waals surface area (Å²) in [5, 5.41) is 13.9. The number of halogens is 1. The minimum Gasteiger partial charge on any atom is -0.391 e. The van der Waals surface area contributed by atoms with Crippen molar-refractivity contribution < 1.29 is 5.11 Å². The molecule has 9 heteroatoms. The molecule has 0 saturated carbocycles. The molecule has 28 heavy (non-hydrogen) atoms. The van der Waals surface area contributed by atoms with Crippen molar-refractivity contribution in [3.05, 3.63) is 35.4 Å². The van der Waals surface area contributed by atoms with E-state index in [2.05, 4.69) is 41.0 Å². The molecular formula is C19H24ClN7O. The van der Waals surface area contributed by atoms with Crippen LogP contribution in [0.1, 0.15) is 32.9 Å². The van der Waals surface area contributed by atoms with Crippen molar-refractivity contribution in [3.8, 4) is 0 Å². The number of anilines is 2. The van der Waals surface area contributed by atoms with Gasteiger partial charge in [0.2, 0.25) is 5.95 Å². The zero-order chi connectivity index (χ0) is 19.9. The molecule has 0 spiro atoms. The van der Waals surface area contributed by atoms with E-state index >= 15 is 0 Å². The van der Waals surface area contributed by atoms with Gasteiger partial charge in [0.15, 0.2) is 17.0 Å². The Bertz CT molecular complexity index is 998. The van der Waals surface area contributed by atoms with Crippen molar-refractivity contribution in [3.63, 3.8) is 0 Å². The van der Waals surface area contributed by atoms with E-state index in [4.69, 9.17) is 21.6 Å². The third-order valence-corrected chi connectivity index (χ3v) is 4.89. The van der Waals surface area contributed by atoms with Gasteiger partial charge in [-0.3, -0.25) is 4.98 Å². The molecule has 4 heterocycles. The lowest BCUT2D eigenvalue weighted by molar-refractivity contribution is 0.198. The molecule has 1 unspecified atom stereocenters. The summed E-state index contributed by atoms with van der Waals surface area (Å²) in [7, 11) is 0. The second-order valence-electron chi connectivity index (χ2n) is 8.11. The van der Waals surface area contributed by atoms with E-state index in [1.807, 2.05) is 16.7 Å². The van der Waals surface area contributed by atoms with Crippen LogP contribution in [0.25, 0.3) is 11.2 Å². The van der Waals surface area contributed by atoms with Crippen LogP contribution in [-0.2, 0) is 6.54 Å². The van der Waals surface area contributed by atoms with Gasteiger partial charge in [0.05, 0.1) is 29.7 Å². The monoisotopic (exact) mass is 401 g/mol. The molecule has 0 aliphatic carbocycles. The summed E-state index contributed by atoms with van der Waals surface area (Å²) in [6.07, 6.45) is 3.83. The fourth-order valence-electron chi connectivity index (χ4n) is 3.29. The predicted molar refractivity (Wildman–Crippen MR) is 110 cm³/mol. The average molecular weight is 402 g/mol. The molecule has 0 amide bonds. The van der Waals surface area contributed by atoms with Crippen LogP contribution < -0.4 is 10.2 Å². The molecule has 3 aromatic heterocycles.